The minimum Gasteiger partial charge on any atom is -0.490 e. The molecule has 7 heteroatoms. The van der Waals surface area contributed by atoms with Gasteiger partial charge in [-0.15, -0.1) is 0 Å². The van der Waals surface area contributed by atoms with Crippen molar-refractivity contribution in [3.8, 4) is 5.75 Å². The van der Waals surface area contributed by atoms with Crippen molar-refractivity contribution in [1.29, 1.82) is 0 Å². The predicted octanol–water partition coefficient (Wildman–Crippen LogP) is 1.62. The van der Waals surface area contributed by atoms with Crippen LogP contribution in [0.5, 0.6) is 5.75 Å². The topological polar surface area (TPSA) is 116 Å². The van der Waals surface area contributed by atoms with E-state index >= 15 is 0 Å². The lowest BCUT2D eigenvalue weighted by atomic mass is 10.00. The summed E-state index contributed by atoms with van der Waals surface area (Å²) in [4.78, 5) is 21.2. The molecule has 20 heavy (non-hydrogen) atoms. The van der Waals surface area contributed by atoms with Crippen LogP contribution in [0.2, 0.25) is 0 Å². The summed E-state index contributed by atoms with van der Waals surface area (Å²) in [6.07, 6.45) is 0.869. The number of aliphatic carboxylic acids is 1. The van der Waals surface area contributed by atoms with Crippen molar-refractivity contribution in [1.82, 2.24) is 0 Å². The van der Waals surface area contributed by atoms with Crippen LogP contribution in [0.3, 0.4) is 0 Å². The summed E-state index contributed by atoms with van der Waals surface area (Å²) in [5.74, 6) is -0.501. The zero-order valence-corrected chi connectivity index (χ0v) is 11.0. The second kappa shape index (κ2) is 5.09. The number of nitro benzene ring substituents is 1. The zero-order chi connectivity index (χ0) is 14.9. The first-order valence-corrected chi connectivity index (χ1v) is 6.26. The summed E-state index contributed by atoms with van der Waals surface area (Å²) in [7, 11) is 0. The van der Waals surface area contributed by atoms with Crippen LogP contribution in [-0.4, -0.2) is 27.6 Å². The standard InChI is InChI=1S/C13H16N2O5/c1-8-6-9(15(18)19)2-3-11(8)20-10-4-5-13(14,7-10)12(16)17/h2-3,6,10H,4-5,7,14H2,1H3,(H,16,17). The van der Waals surface area contributed by atoms with Crippen molar-refractivity contribution < 1.29 is 19.6 Å². The maximum atomic E-state index is 11.1. The highest BCUT2D eigenvalue weighted by Crippen LogP contribution is 2.33. The molecule has 0 radical (unpaired) electrons. The third kappa shape index (κ3) is 2.72. The fourth-order valence-electron chi connectivity index (χ4n) is 2.38. The fraction of sp³-hybridized carbons (Fsp3) is 0.462. The Hall–Kier alpha value is -2.15. The summed E-state index contributed by atoms with van der Waals surface area (Å²) in [5.41, 5.74) is 5.18. The molecule has 0 aliphatic heterocycles. The van der Waals surface area contributed by atoms with Crippen molar-refractivity contribution in [2.24, 2.45) is 5.73 Å². The molecule has 1 saturated carbocycles. The molecular weight excluding hydrogens is 264 g/mol. The Morgan fingerprint density at radius 2 is 2.30 bits per heavy atom. The Labute approximate surface area is 115 Å². The lowest BCUT2D eigenvalue weighted by Gasteiger charge is -2.19. The quantitative estimate of drug-likeness (QED) is 0.639. The summed E-state index contributed by atoms with van der Waals surface area (Å²) >= 11 is 0. The molecule has 1 aliphatic rings. The molecule has 0 bridgehead atoms. The Balaban J connectivity index is 2.09. The van der Waals surface area contributed by atoms with Gasteiger partial charge >= 0.3 is 5.97 Å². The fourth-order valence-corrected chi connectivity index (χ4v) is 2.38. The first-order valence-electron chi connectivity index (χ1n) is 6.26. The predicted molar refractivity (Wildman–Crippen MR) is 70.7 cm³/mol. The van der Waals surface area contributed by atoms with Crippen LogP contribution in [0.15, 0.2) is 18.2 Å². The SMILES string of the molecule is Cc1cc([N+](=O)[O-])ccc1OC1CCC(N)(C(=O)O)C1. The molecule has 1 aromatic rings. The minimum absolute atomic E-state index is 0.0000189. The van der Waals surface area contributed by atoms with E-state index < -0.39 is 16.4 Å². The second-order valence-corrected chi connectivity index (χ2v) is 5.15. The Morgan fingerprint density at radius 1 is 1.60 bits per heavy atom. The maximum absolute atomic E-state index is 11.1. The highest BCUT2D eigenvalue weighted by molar-refractivity contribution is 5.79. The molecule has 0 heterocycles. The number of carbonyl (C=O) groups is 1. The number of aryl methyl sites for hydroxylation is 1. The second-order valence-electron chi connectivity index (χ2n) is 5.15. The van der Waals surface area contributed by atoms with Gasteiger partial charge in [0.25, 0.3) is 5.69 Å². The van der Waals surface area contributed by atoms with Gasteiger partial charge in [-0.2, -0.15) is 0 Å². The first-order chi connectivity index (χ1) is 9.32. The van der Waals surface area contributed by atoms with Gasteiger partial charge in [0.2, 0.25) is 0 Å². The number of nitrogens with two attached hydrogens (primary N) is 1. The van der Waals surface area contributed by atoms with E-state index in [1.54, 1.807) is 6.92 Å². The lowest BCUT2D eigenvalue weighted by molar-refractivity contribution is -0.384. The number of nitro groups is 1. The molecule has 1 aromatic carbocycles. The summed E-state index contributed by atoms with van der Waals surface area (Å²) < 4.78 is 5.72. The molecule has 1 aliphatic carbocycles. The highest BCUT2D eigenvalue weighted by Gasteiger charge is 2.43. The van der Waals surface area contributed by atoms with E-state index in [4.69, 9.17) is 15.6 Å². The minimum atomic E-state index is -1.24. The van der Waals surface area contributed by atoms with E-state index in [1.807, 2.05) is 0 Å². The van der Waals surface area contributed by atoms with E-state index in [0.717, 1.165) is 0 Å². The molecule has 0 saturated heterocycles. The Kier molecular flexibility index (Phi) is 3.63. The van der Waals surface area contributed by atoms with E-state index in [1.165, 1.54) is 18.2 Å². The van der Waals surface area contributed by atoms with Crippen molar-refractivity contribution in [3.05, 3.63) is 33.9 Å². The molecule has 0 spiro atoms. The molecule has 0 aromatic heterocycles. The normalized spacial score (nSPS) is 25.4. The molecule has 2 atom stereocenters. The molecule has 3 N–H and O–H groups in total. The van der Waals surface area contributed by atoms with Crippen molar-refractivity contribution >= 4 is 11.7 Å². The van der Waals surface area contributed by atoms with E-state index in [-0.39, 0.29) is 18.2 Å². The number of carboxylic acid groups (broad SMARTS) is 1. The van der Waals surface area contributed by atoms with Crippen LogP contribution >= 0.6 is 0 Å². The molecule has 1 fully saturated rings. The first kappa shape index (κ1) is 14.3. The van der Waals surface area contributed by atoms with Gasteiger partial charge in [-0.3, -0.25) is 14.9 Å². The van der Waals surface area contributed by atoms with Gasteiger partial charge in [-0.1, -0.05) is 0 Å². The van der Waals surface area contributed by atoms with Crippen LogP contribution in [0.1, 0.15) is 24.8 Å². The largest absolute Gasteiger partial charge is 0.490 e. The van der Waals surface area contributed by atoms with Crippen molar-refractivity contribution in [2.45, 2.75) is 37.8 Å². The molecule has 108 valence electrons. The maximum Gasteiger partial charge on any atom is 0.323 e. The monoisotopic (exact) mass is 280 g/mol. The summed E-state index contributed by atoms with van der Waals surface area (Å²) in [6, 6.07) is 4.33. The van der Waals surface area contributed by atoms with E-state index in [0.29, 0.717) is 24.2 Å². The molecule has 2 rings (SSSR count). The molecule has 0 amide bonds. The number of benzene rings is 1. The van der Waals surface area contributed by atoms with Gasteiger partial charge in [0.1, 0.15) is 17.4 Å². The van der Waals surface area contributed by atoms with Gasteiger partial charge in [0, 0.05) is 18.6 Å². The third-order valence-electron chi connectivity index (χ3n) is 3.59. The molecule has 2 unspecified atom stereocenters. The van der Waals surface area contributed by atoms with Crippen molar-refractivity contribution in [2.75, 3.05) is 0 Å². The van der Waals surface area contributed by atoms with Gasteiger partial charge in [0.15, 0.2) is 0 Å². The number of nitrogens with zero attached hydrogens (tertiary/aromatic N) is 1. The average Bonchev–Trinajstić information content (AvgIpc) is 2.75. The lowest BCUT2D eigenvalue weighted by Crippen LogP contribution is -2.46. The number of hydrogen-bond acceptors (Lipinski definition) is 5. The highest BCUT2D eigenvalue weighted by atomic mass is 16.6. The van der Waals surface area contributed by atoms with Gasteiger partial charge in [-0.05, 0) is 31.4 Å². The van der Waals surface area contributed by atoms with E-state index in [2.05, 4.69) is 0 Å². The van der Waals surface area contributed by atoms with E-state index in [9.17, 15) is 14.9 Å². The van der Waals surface area contributed by atoms with Crippen LogP contribution in [0, 0.1) is 17.0 Å². The van der Waals surface area contributed by atoms with Crippen LogP contribution in [0.25, 0.3) is 0 Å². The number of hydrogen-bond donors (Lipinski definition) is 2. The number of rotatable bonds is 4. The Bertz CT molecular complexity index is 560. The Morgan fingerprint density at radius 3 is 2.80 bits per heavy atom. The third-order valence-corrected chi connectivity index (χ3v) is 3.59. The summed E-state index contributed by atoms with van der Waals surface area (Å²) in [5, 5.41) is 19.7. The molecule has 7 nitrogen and oxygen atoms in total. The number of non-ortho nitro benzene ring substituents is 1. The van der Waals surface area contributed by atoms with Gasteiger partial charge in [-0.25, -0.2) is 0 Å². The van der Waals surface area contributed by atoms with Gasteiger partial charge in [0.05, 0.1) is 4.92 Å². The smallest absolute Gasteiger partial charge is 0.323 e. The van der Waals surface area contributed by atoms with Crippen LogP contribution < -0.4 is 10.5 Å². The summed E-state index contributed by atoms with van der Waals surface area (Å²) in [6.45, 7) is 1.71. The zero-order valence-electron chi connectivity index (χ0n) is 11.0. The number of carboxylic acids is 1. The molecular formula is C13H16N2O5. The average molecular weight is 280 g/mol. The number of ether oxygens (including phenoxy) is 1. The van der Waals surface area contributed by atoms with Gasteiger partial charge < -0.3 is 15.6 Å². The van der Waals surface area contributed by atoms with Crippen LogP contribution in [0.4, 0.5) is 5.69 Å². The van der Waals surface area contributed by atoms with Crippen LogP contribution in [-0.2, 0) is 4.79 Å². The van der Waals surface area contributed by atoms with Crippen molar-refractivity contribution in [3.63, 3.8) is 0 Å².